The summed E-state index contributed by atoms with van der Waals surface area (Å²) in [6.07, 6.45) is -0.590. The number of nitrogens with two attached hydrogens (primary N) is 1. The highest BCUT2D eigenvalue weighted by molar-refractivity contribution is 7.07. The molecule has 0 bridgehead atoms. The Bertz CT molecular complexity index is 517. The molecule has 136 valence electrons. The molecule has 0 spiro atoms. The van der Waals surface area contributed by atoms with Gasteiger partial charge in [-0.25, -0.2) is 14.3 Å². The van der Waals surface area contributed by atoms with Crippen molar-refractivity contribution in [3.8, 4) is 0 Å². The van der Waals surface area contributed by atoms with E-state index in [1.165, 1.54) is 11.3 Å². The molecule has 24 heavy (non-hydrogen) atoms. The average Bonchev–Trinajstić information content (AvgIpc) is 3.05. The first-order valence-electron chi connectivity index (χ1n) is 8.09. The molecule has 5 N–H and O–H groups in total. The Morgan fingerprint density at radius 2 is 2.12 bits per heavy atom. The molecule has 1 aromatic heterocycles. The summed E-state index contributed by atoms with van der Waals surface area (Å²) in [6.45, 7) is 0. The molecule has 0 saturated heterocycles. The highest BCUT2D eigenvalue weighted by Crippen LogP contribution is 2.40. The average molecular weight is 362 g/mol. The quantitative estimate of drug-likeness (QED) is 0.442. The van der Waals surface area contributed by atoms with Crippen molar-refractivity contribution in [2.24, 2.45) is 17.6 Å². The fourth-order valence-electron chi connectivity index (χ4n) is 3.31. The molecule has 1 aliphatic carbocycles. The van der Waals surface area contributed by atoms with E-state index in [9.17, 15) is 18.7 Å². The van der Waals surface area contributed by atoms with Crippen LogP contribution in [0.2, 0.25) is 0 Å². The monoisotopic (exact) mass is 362 g/mol. The third kappa shape index (κ3) is 5.20. The number of hydrogen-bond acceptors (Lipinski definition) is 5. The summed E-state index contributed by atoms with van der Waals surface area (Å²) in [4.78, 5) is 11.9. The van der Waals surface area contributed by atoms with Gasteiger partial charge in [0, 0.05) is 24.8 Å². The normalized spacial score (nSPS) is 21.9. The van der Waals surface area contributed by atoms with Crippen molar-refractivity contribution < 1.29 is 23.9 Å². The molecule has 1 aliphatic rings. The van der Waals surface area contributed by atoms with Crippen molar-refractivity contribution in [1.82, 2.24) is 5.48 Å². The highest BCUT2D eigenvalue weighted by Gasteiger charge is 2.40. The topological polar surface area (TPSA) is 95.6 Å². The molecule has 3 atom stereocenters. The molecule has 0 aromatic carbocycles. The molecule has 0 radical (unpaired) electrons. The minimum absolute atomic E-state index is 0.0495. The second-order valence-electron chi connectivity index (χ2n) is 6.58. The summed E-state index contributed by atoms with van der Waals surface area (Å²) in [6, 6.07) is 1.36. The lowest BCUT2D eigenvalue weighted by Crippen LogP contribution is -2.43. The molecule has 2 rings (SSSR count). The number of amides is 1. The second-order valence-corrected chi connectivity index (χ2v) is 7.36. The van der Waals surface area contributed by atoms with Crippen LogP contribution in [0.1, 0.15) is 37.7 Å². The maximum atomic E-state index is 13.3. The maximum absolute atomic E-state index is 13.3. The van der Waals surface area contributed by atoms with Gasteiger partial charge in [0.1, 0.15) is 0 Å². The molecule has 1 fully saturated rings. The summed E-state index contributed by atoms with van der Waals surface area (Å²) in [5, 5.41) is 23.1. The van der Waals surface area contributed by atoms with E-state index in [-0.39, 0.29) is 38.0 Å². The summed E-state index contributed by atoms with van der Waals surface area (Å²) in [7, 11) is 0. The van der Waals surface area contributed by atoms with Gasteiger partial charge in [-0.3, -0.25) is 10.0 Å². The van der Waals surface area contributed by atoms with E-state index >= 15 is 0 Å². The Kier molecular flexibility index (Phi) is 6.68. The number of rotatable bonds is 7. The Labute approximate surface area is 143 Å². The number of halogens is 2. The van der Waals surface area contributed by atoms with Gasteiger partial charge >= 0.3 is 0 Å². The molecule has 1 amide bonds. The number of hydrogen-bond donors (Lipinski definition) is 4. The first-order valence-corrected chi connectivity index (χ1v) is 9.03. The third-order valence-electron chi connectivity index (χ3n) is 4.82. The minimum Gasteiger partial charge on any atom is -0.391 e. The van der Waals surface area contributed by atoms with Gasteiger partial charge in [-0.15, -0.1) is 0 Å². The number of alkyl halides is 2. The summed E-state index contributed by atoms with van der Waals surface area (Å²) < 4.78 is 26.6. The maximum Gasteiger partial charge on any atom is 0.248 e. The molecule has 1 heterocycles. The van der Waals surface area contributed by atoms with Gasteiger partial charge in [-0.05, 0) is 54.0 Å². The Morgan fingerprint density at radius 3 is 2.67 bits per heavy atom. The molecule has 3 unspecified atom stereocenters. The SMILES string of the molecule is NC(Cc1ccsc1)C(O)CC(C(=O)NO)C1CCC(F)(F)CC1. The van der Waals surface area contributed by atoms with E-state index < -0.39 is 29.9 Å². The molecular formula is C16H24F2N2O3S. The molecule has 1 saturated carbocycles. The van der Waals surface area contributed by atoms with Crippen molar-refractivity contribution >= 4 is 17.2 Å². The van der Waals surface area contributed by atoms with Crippen LogP contribution in [0.4, 0.5) is 8.78 Å². The number of thiophene rings is 1. The zero-order valence-electron chi connectivity index (χ0n) is 13.3. The summed E-state index contributed by atoms with van der Waals surface area (Å²) in [5.74, 6) is -4.36. The Hall–Kier alpha value is -1.09. The number of hydroxylamine groups is 1. The van der Waals surface area contributed by atoms with Crippen molar-refractivity contribution in [3.05, 3.63) is 22.4 Å². The van der Waals surface area contributed by atoms with E-state index in [1.54, 1.807) is 5.48 Å². The fourth-order valence-corrected chi connectivity index (χ4v) is 3.99. The van der Waals surface area contributed by atoms with E-state index in [0.717, 1.165) is 5.56 Å². The zero-order chi connectivity index (χ0) is 17.7. The van der Waals surface area contributed by atoms with Crippen LogP contribution in [0.15, 0.2) is 16.8 Å². The van der Waals surface area contributed by atoms with Crippen molar-refractivity contribution in [3.63, 3.8) is 0 Å². The number of nitrogens with one attached hydrogen (secondary N) is 1. The Balaban J connectivity index is 1.96. The van der Waals surface area contributed by atoms with Crippen LogP contribution in [-0.4, -0.2) is 34.3 Å². The van der Waals surface area contributed by atoms with Gasteiger partial charge in [0.25, 0.3) is 0 Å². The summed E-state index contributed by atoms with van der Waals surface area (Å²) in [5.41, 5.74) is 8.61. The fraction of sp³-hybridized carbons (Fsp3) is 0.688. The molecule has 0 aliphatic heterocycles. The van der Waals surface area contributed by atoms with E-state index in [2.05, 4.69) is 0 Å². The molecule has 1 aromatic rings. The van der Waals surface area contributed by atoms with Crippen LogP contribution in [0, 0.1) is 11.8 Å². The van der Waals surface area contributed by atoms with Gasteiger partial charge in [0.2, 0.25) is 11.8 Å². The van der Waals surface area contributed by atoms with E-state index in [4.69, 9.17) is 10.9 Å². The first-order chi connectivity index (χ1) is 11.3. The van der Waals surface area contributed by atoms with Crippen LogP contribution < -0.4 is 11.2 Å². The highest BCUT2D eigenvalue weighted by atomic mass is 32.1. The van der Waals surface area contributed by atoms with Crippen molar-refractivity contribution in [1.29, 1.82) is 0 Å². The second kappa shape index (κ2) is 8.33. The van der Waals surface area contributed by atoms with Gasteiger partial charge in [-0.2, -0.15) is 11.3 Å². The van der Waals surface area contributed by atoms with Gasteiger partial charge in [-0.1, -0.05) is 0 Å². The van der Waals surface area contributed by atoms with E-state index in [1.807, 2.05) is 16.8 Å². The number of aliphatic hydroxyl groups excluding tert-OH is 1. The van der Waals surface area contributed by atoms with Gasteiger partial charge in [0.05, 0.1) is 6.10 Å². The summed E-state index contributed by atoms with van der Waals surface area (Å²) >= 11 is 1.53. The predicted octanol–water partition coefficient (Wildman–Crippen LogP) is 2.32. The standard InChI is InChI=1S/C16H24F2N2O3S/c17-16(18)4-1-11(2-5-16)12(15(22)20-23)8-14(21)13(19)7-10-3-6-24-9-10/h3,6,9,11-14,21,23H,1-2,4-5,7-8,19H2,(H,20,22). The molecular weight excluding hydrogens is 338 g/mol. The lowest BCUT2D eigenvalue weighted by Gasteiger charge is -2.34. The van der Waals surface area contributed by atoms with Crippen LogP contribution in [0.5, 0.6) is 0 Å². The lowest BCUT2D eigenvalue weighted by molar-refractivity contribution is -0.139. The number of carbonyl (C=O) groups excluding carboxylic acids is 1. The van der Waals surface area contributed by atoms with Gasteiger partial charge < -0.3 is 10.8 Å². The molecule has 5 nitrogen and oxygen atoms in total. The zero-order valence-corrected chi connectivity index (χ0v) is 14.1. The number of aliphatic hydroxyl groups is 1. The Morgan fingerprint density at radius 1 is 1.46 bits per heavy atom. The first kappa shape index (κ1) is 19.2. The molecule has 8 heteroatoms. The lowest BCUT2D eigenvalue weighted by atomic mass is 9.75. The van der Waals surface area contributed by atoms with Crippen molar-refractivity contribution in [2.45, 2.75) is 56.6 Å². The van der Waals surface area contributed by atoms with E-state index in [0.29, 0.717) is 6.42 Å². The predicted molar refractivity (Wildman–Crippen MR) is 86.9 cm³/mol. The van der Waals surface area contributed by atoms with Gasteiger partial charge in [0.15, 0.2) is 0 Å². The minimum atomic E-state index is -2.69. The van der Waals surface area contributed by atoms with Crippen LogP contribution in [0.3, 0.4) is 0 Å². The van der Waals surface area contributed by atoms with Crippen molar-refractivity contribution in [2.75, 3.05) is 0 Å². The third-order valence-corrected chi connectivity index (χ3v) is 5.55. The van der Waals surface area contributed by atoms with Crippen LogP contribution >= 0.6 is 11.3 Å². The smallest absolute Gasteiger partial charge is 0.248 e. The van der Waals surface area contributed by atoms with Crippen LogP contribution in [0.25, 0.3) is 0 Å². The largest absolute Gasteiger partial charge is 0.391 e. The number of carbonyl (C=O) groups is 1. The van der Waals surface area contributed by atoms with Crippen LogP contribution in [-0.2, 0) is 11.2 Å².